The molecular weight excluding hydrogens is 589 g/mol. The van der Waals surface area contributed by atoms with Gasteiger partial charge in [0.05, 0.1) is 10.0 Å². The summed E-state index contributed by atoms with van der Waals surface area (Å²) in [6, 6.07) is 12.2. The number of benzene rings is 2. The highest BCUT2D eigenvalue weighted by atomic mass is 35.5. The van der Waals surface area contributed by atoms with Gasteiger partial charge in [0.2, 0.25) is 5.95 Å². The van der Waals surface area contributed by atoms with Gasteiger partial charge in [-0.3, -0.25) is 5.32 Å². The number of carbonyl (C=O) groups is 1. The van der Waals surface area contributed by atoms with E-state index in [4.69, 9.17) is 37.7 Å². The largest absolute Gasteiger partial charge is 0.486 e. The molecule has 0 bridgehead atoms. The van der Waals surface area contributed by atoms with Gasteiger partial charge < -0.3 is 25.0 Å². The molecule has 0 saturated heterocycles. The number of amides is 2. The number of nitrogens with zero attached hydrogens (tertiary/aromatic N) is 4. The minimum atomic E-state index is -0.460. The van der Waals surface area contributed by atoms with E-state index in [1.165, 1.54) is 0 Å². The van der Waals surface area contributed by atoms with Crippen molar-refractivity contribution in [3.05, 3.63) is 58.7 Å². The number of likely N-dealkylation sites (N-methyl/N-ethyl adjacent to an activating group) is 1. The molecule has 0 aliphatic carbocycles. The third-order valence-electron chi connectivity index (χ3n) is 6.80. The molecule has 226 valence electrons. The fraction of sp³-hybridized carbons (Fsp3) is 0.355. The van der Waals surface area contributed by atoms with E-state index in [9.17, 15) is 4.79 Å². The summed E-state index contributed by atoms with van der Waals surface area (Å²) in [7, 11) is 0. The van der Waals surface area contributed by atoms with Gasteiger partial charge in [0.1, 0.15) is 18.5 Å². The predicted molar refractivity (Wildman–Crippen MR) is 172 cm³/mol. The van der Waals surface area contributed by atoms with Crippen LogP contribution >= 0.6 is 23.2 Å². The molecule has 1 atom stereocenters. The second-order valence-corrected chi connectivity index (χ2v) is 12.1. The second kappa shape index (κ2) is 12.8. The van der Waals surface area contributed by atoms with Crippen LogP contribution < -0.4 is 25.4 Å². The molecule has 2 amide bonds. The molecule has 0 saturated carbocycles. The summed E-state index contributed by atoms with van der Waals surface area (Å²) in [5.74, 6) is 1.93. The maximum Gasteiger partial charge on any atom is 0.320 e. The molecule has 1 aliphatic rings. The number of urea groups is 1. The van der Waals surface area contributed by atoms with Crippen LogP contribution in [-0.2, 0) is 0 Å². The zero-order valence-electron chi connectivity index (χ0n) is 24.8. The average Bonchev–Trinajstić information content (AvgIpc) is 2.95. The highest BCUT2D eigenvalue weighted by Crippen LogP contribution is 2.40. The first-order chi connectivity index (χ1) is 20.5. The van der Waals surface area contributed by atoms with Gasteiger partial charge in [-0.2, -0.15) is 4.98 Å². The highest BCUT2D eigenvalue weighted by Gasteiger charge is 2.24. The number of carbonyl (C=O) groups excluding carboxylic acids is 1. The van der Waals surface area contributed by atoms with Crippen LogP contribution in [-0.4, -0.2) is 63.8 Å². The van der Waals surface area contributed by atoms with E-state index < -0.39 is 11.6 Å². The number of fused-ring (bicyclic) bond motifs is 2. The molecular formula is C31H35Cl2N7O3. The second-order valence-electron chi connectivity index (χ2n) is 11.2. The molecule has 2 aromatic heterocycles. The Morgan fingerprint density at radius 2 is 1.79 bits per heavy atom. The van der Waals surface area contributed by atoms with Crippen LogP contribution in [0.25, 0.3) is 22.2 Å². The summed E-state index contributed by atoms with van der Waals surface area (Å²) in [5.41, 5.74) is 1.73. The van der Waals surface area contributed by atoms with E-state index >= 15 is 0 Å². The Morgan fingerprint density at radius 1 is 1.05 bits per heavy atom. The Hall–Kier alpha value is -3.86. The fourth-order valence-corrected chi connectivity index (χ4v) is 5.33. The van der Waals surface area contributed by atoms with Crippen LogP contribution in [0.15, 0.2) is 48.7 Å². The van der Waals surface area contributed by atoms with Crippen LogP contribution in [0.2, 0.25) is 10.0 Å². The fourth-order valence-electron chi connectivity index (χ4n) is 4.73. The molecule has 5 rings (SSSR count). The van der Waals surface area contributed by atoms with E-state index in [0.29, 0.717) is 56.3 Å². The summed E-state index contributed by atoms with van der Waals surface area (Å²) in [5, 5.41) is 10.4. The molecule has 10 nitrogen and oxygen atoms in total. The van der Waals surface area contributed by atoms with Gasteiger partial charge in [0.15, 0.2) is 17.1 Å². The van der Waals surface area contributed by atoms with Crippen LogP contribution in [0.1, 0.15) is 34.6 Å². The number of anilines is 3. The Labute approximate surface area is 261 Å². The first-order valence-corrected chi connectivity index (χ1v) is 14.9. The van der Waals surface area contributed by atoms with Crippen LogP contribution in [0.4, 0.5) is 22.2 Å². The molecule has 1 unspecified atom stereocenters. The summed E-state index contributed by atoms with van der Waals surface area (Å²) in [4.78, 5) is 29.0. The van der Waals surface area contributed by atoms with Crippen molar-refractivity contribution in [2.24, 2.45) is 0 Å². The topological polar surface area (TPSA) is 114 Å². The average molecular weight is 625 g/mol. The van der Waals surface area contributed by atoms with Gasteiger partial charge in [0, 0.05) is 46.5 Å². The number of aromatic nitrogens is 3. The summed E-state index contributed by atoms with van der Waals surface area (Å²) in [6.07, 6.45) is 1.63. The van der Waals surface area contributed by atoms with Crippen molar-refractivity contribution >= 4 is 57.7 Å². The minimum absolute atomic E-state index is 0.0278. The molecule has 2 aromatic carbocycles. The number of halogens is 2. The van der Waals surface area contributed by atoms with E-state index in [1.807, 2.05) is 45.0 Å². The first kappa shape index (κ1) is 30.6. The monoisotopic (exact) mass is 623 g/mol. The molecule has 0 fully saturated rings. The van der Waals surface area contributed by atoms with Gasteiger partial charge in [-0.05, 0) is 64.2 Å². The van der Waals surface area contributed by atoms with Crippen molar-refractivity contribution in [3.8, 4) is 22.6 Å². The number of rotatable bonds is 8. The van der Waals surface area contributed by atoms with Crippen LogP contribution in [0.5, 0.6) is 11.5 Å². The van der Waals surface area contributed by atoms with Gasteiger partial charge in [-0.15, -0.1) is 0 Å². The Kier molecular flexibility index (Phi) is 9.10. The van der Waals surface area contributed by atoms with Crippen molar-refractivity contribution in [2.75, 3.05) is 36.9 Å². The first-order valence-electron chi connectivity index (χ1n) is 14.2. The smallest absolute Gasteiger partial charge is 0.320 e. The lowest BCUT2D eigenvalue weighted by atomic mass is 10.0. The van der Waals surface area contributed by atoms with Crippen molar-refractivity contribution in [1.29, 1.82) is 0 Å². The minimum Gasteiger partial charge on any atom is -0.486 e. The van der Waals surface area contributed by atoms with E-state index in [-0.39, 0.29) is 11.9 Å². The molecule has 3 N–H and O–H groups in total. The Balaban J connectivity index is 1.42. The molecule has 12 heteroatoms. The van der Waals surface area contributed by atoms with Crippen LogP contribution in [0, 0.1) is 0 Å². The van der Waals surface area contributed by atoms with Crippen molar-refractivity contribution in [2.45, 2.75) is 46.3 Å². The molecule has 1 aliphatic heterocycles. The van der Waals surface area contributed by atoms with Gasteiger partial charge >= 0.3 is 6.03 Å². The van der Waals surface area contributed by atoms with Crippen molar-refractivity contribution in [1.82, 2.24) is 25.2 Å². The van der Waals surface area contributed by atoms with E-state index in [0.717, 1.165) is 25.3 Å². The third kappa shape index (κ3) is 7.38. The Bertz CT molecular complexity index is 1620. The quantitative estimate of drug-likeness (QED) is 0.190. The SMILES string of the molecule is CCN(CC)CC1COc2cc(Nc3ncc4cc(-c5c(Cl)cccc5Cl)c(NC(=O)NC(C)(C)C)nc4n3)ccc2O1. The van der Waals surface area contributed by atoms with Gasteiger partial charge in [-0.1, -0.05) is 43.1 Å². The summed E-state index contributed by atoms with van der Waals surface area (Å²) in [6.45, 7) is 13.1. The summed E-state index contributed by atoms with van der Waals surface area (Å²) >= 11 is 13.1. The lowest BCUT2D eigenvalue weighted by molar-refractivity contribution is 0.0616. The molecule has 0 radical (unpaired) electrons. The number of nitrogens with one attached hydrogen (secondary N) is 3. The predicted octanol–water partition coefficient (Wildman–Crippen LogP) is 7.14. The van der Waals surface area contributed by atoms with Crippen molar-refractivity contribution < 1.29 is 14.3 Å². The lowest BCUT2D eigenvalue weighted by Crippen LogP contribution is -2.43. The number of pyridine rings is 1. The van der Waals surface area contributed by atoms with Crippen LogP contribution in [0.3, 0.4) is 0 Å². The number of hydrogen-bond donors (Lipinski definition) is 3. The maximum atomic E-state index is 12.8. The van der Waals surface area contributed by atoms with E-state index in [1.54, 1.807) is 24.4 Å². The normalized spacial score (nSPS) is 14.6. The molecule has 43 heavy (non-hydrogen) atoms. The zero-order chi connectivity index (χ0) is 30.7. The maximum absolute atomic E-state index is 12.8. The molecule has 3 heterocycles. The number of ether oxygens (including phenoxy) is 2. The Morgan fingerprint density at radius 3 is 2.49 bits per heavy atom. The standard InChI is InChI=1S/C31H35Cl2N7O3/c1-6-40(7-2)16-20-17-42-25-14-19(11-12-24(25)43-20)35-29-34-15-18-13-21(26-22(32)9-8-10-23(26)33)28(36-27(18)37-29)38-30(41)39-31(3,4)5/h8-15,20H,6-7,16-17H2,1-5H3,(H3,34,35,36,37,38,39,41). The lowest BCUT2D eigenvalue weighted by Gasteiger charge is -2.30. The van der Waals surface area contributed by atoms with Gasteiger partial charge in [0.25, 0.3) is 0 Å². The highest BCUT2D eigenvalue weighted by molar-refractivity contribution is 6.39. The van der Waals surface area contributed by atoms with Crippen molar-refractivity contribution in [3.63, 3.8) is 0 Å². The number of hydrogen-bond acceptors (Lipinski definition) is 8. The molecule has 4 aromatic rings. The zero-order valence-corrected chi connectivity index (χ0v) is 26.3. The third-order valence-corrected chi connectivity index (χ3v) is 7.43. The van der Waals surface area contributed by atoms with E-state index in [2.05, 4.69) is 44.7 Å². The molecule has 0 spiro atoms. The van der Waals surface area contributed by atoms with Gasteiger partial charge in [-0.25, -0.2) is 14.8 Å². The summed E-state index contributed by atoms with van der Waals surface area (Å²) < 4.78 is 12.2.